The fourth-order valence-electron chi connectivity index (χ4n) is 2.87. The SMILES string of the molecule is CCN1CCOC(CNC(=O)N2CCC[C@@H](C(=O)O)C2)C1. The molecule has 0 aromatic heterocycles. The number of urea groups is 1. The van der Waals surface area contributed by atoms with Gasteiger partial charge in [-0.25, -0.2) is 4.79 Å². The second-order valence-corrected chi connectivity index (χ2v) is 5.70. The topological polar surface area (TPSA) is 82.1 Å². The Morgan fingerprint density at radius 1 is 1.33 bits per heavy atom. The number of hydrogen-bond donors (Lipinski definition) is 2. The highest BCUT2D eigenvalue weighted by atomic mass is 16.5. The van der Waals surface area contributed by atoms with Crippen molar-refractivity contribution in [1.29, 1.82) is 0 Å². The van der Waals surface area contributed by atoms with Crippen LogP contribution < -0.4 is 5.32 Å². The van der Waals surface area contributed by atoms with Crippen LogP contribution in [0.5, 0.6) is 0 Å². The summed E-state index contributed by atoms with van der Waals surface area (Å²) in [6, 6.07) is -0.182. The molecular weight excluding hydrogens is 274 g/mol. The van der Waals surface area contributed by atoms with Crippen LogP contribution in [0.4, 0.5) is 4.79 Å². The molecule has 0 spiro atoms. The van der Waals surface area contributed by atoms with E-state index in [1.54, 1.807) is 4.90 Å². The molecule has 0 bridgehead atoms. The summed E-state index contributed by atoms with van der Waals surface area (Å²) in [5.74, 6) is -1.26. The number of nitrogens with one attached hydrogen (secondary N) is 1. The molecule has 2 aliphatic heterocycles. The molecule has 1 unspecified atom stereocenters. The first kappa shape index (κ1) is 16.0. The predicted octanol–water partition coefficient (Wildman–Crippen LogP) is 0.213. The summed E-state index contributed by atoms with van der Waals surface area (Å²) >= 11 is 0. The van der Waals surface area contributed by atoms with Crippen LogP contribution in [-0.2, 0) is 9.53 Å². The Kier molecular flexibility index (Phi) is 5.81. The number of likely N-dealkylation sites (tertiary alicyclic amines) is 1. The third-order valence-corrected chi connectivity index (χ3v) is 4.21. The molecule has 2 aliphatic rings. The molecule has 0 aliphatic carbocycles. The highest BCUT2D eigenvalue weighted by Crippen LogP contribution is 2.16. The van der Waals surface area contributed by atoms with E-state index in [1.807, 2.05) is 0 Å². The van der Waals surface area contributed by atoms with E-state index in [1.165, 1.54) is 0 Å². The minimum Gasteiger partial charge on any atom is -0.481 e. The minimum absolute atomic E-state index is 0.0164. The lowest BCUT2D eigenvalue weighted by Crippen LogP contribution is -2.51. The molecular formula is C14H25N3O4. The van der Waals surface area contributed by atoms with Gasteiger partial charge in [-0.2, -0.15) is 0 Å². The molecule has 2 atom stereocenters. The Morgan fingerprint density at radius 3 is 2.86 bits per heavy atom. The molecule has 2 saturated heterocycles. The number of piperidine rings is 1. The zero-order valence-corrected chi connectivity index (χ0v) is 12.6. The van der Waals surface area contributed by atoms with Crippen molar-refractivity contribution in [2.24, 2.45) is 5.92 Å². The molecule has 0 aromatic rings. The standard InChI is InChI=1S/C14H25N3O4/c1-2-16-6-7-21-12(10-16)8-15-14(20)17-5-3-4-11(9-17)13(18)19/h11-12H,2-10H2,1H3,(H,15,20)(H,18,19)/t11-,12?/m1/s1. The van der Waals surface area contributed by atoms with E-state index < -0.39 is 11.9 Å². The van der Waals surface area contributed by atoms with Gasteiger partial charge in [0, 0.05) is 32.7 Å². The van der Waals surface area contributed by atoms with Gasteiger partial charge >= 0.3 is 12.0 Å². The van der Waals surface area contributed by atoms with Gasteiger partial charge in [0.15, 0.2) is 0 Å². The van der Waals surface area contributed by atoms with Crippen molar-refractivity contribution in [3.8, 4) is 0 Å². The number of carbonyl (C=O) groups excluding carboxylic acids is 1. The van der Waals surface area contributed by atoms with Crippen LogP contribution >= 0.6 is 0 Å². The first-order chi connectivity index (χ1) is 10.1. The van der Waals surface area contributed by atoms with Crippen molar-refractivity contribution in [3.63, 3.8) is 0 Å². The maximum absolute atomic E-state index is 12.1. The molecule has 2 fully saturated rings. The van der Waals surface area contributed by atoms with Gasteiger partial charge in [-0.1, -0.05) is 6.92 Å². The number of aliphatic carboxylic acids is 1. The van der Waals surface area contributed by atoms with Gasteiger partial charge in [0.1, 0.15) is 0 Å². The number of carboxylic acid groups (broad SMARTS) is 1. The quantitative estimate of drug-likeness (QED) is 0.775. The van der Waals surface area contributed by atoms with Gasteiger partial charge in [0.25, 0.3) is 0 Å². The van der Waals surface area contributed by atoms with Crippen molar-refractivity contribution in [2.75, 3.05) is 45.9 Å². The smallest absolute Gasteiger partial charge is 0.317 e. The number of carboxylic acids is 1. The van der Waals surface area contributed by atoms with Crippen LogP contribution in [-0.4, -0.2) is 78.9 Å². The van der Waals surface area contributed by atoms with Crippen molar-refractivity contribution in [3.05, 3.63) is 0 Å². The lowest BCUT2D eigenvalue weighted by molar-refractivity contribution is -0.143. The molecule has 0 radical (unpaired) electrons. The second kappa shape index (κ2) is 7.61. The molecule has 2 heterocycles. The van der Waals surface area contributed by atoms with E-state index in [-0.39, 0.29) is 12.1 Å². The molecule has 2 N–H and O–H groups in total. The van der Waals surface area contributed by atoms with Gasteiger partial charge in [-0.3, -0.25) is 9.69 Å². The van der Waals surface area contributed by atoms with E-state index >= 15 is 0 Å². The van der Waals surface area contributed by atoms with E-state index in [9.17, 15) is 9.59 Å². The zero-order chi connectivity index (χ0) is 15.2. The summed E-state index contributed by atoms with van der Waals surface area (Å²) < 4.78 is 5.64. The molecule has 0 aromatic carbocycles. The number of amides is 2. The Balaban J connectivity index is 1.75. The summed E-state index contributed by atoms with van der Waals surface area (Å²) in [6.45, 7) is 6.96. The molecule has 120 valence electrons. The lowest BCUT2D eigenvalue weighted by atomic mass is 9.99. The van der Waals surface area contributed by atoms with Crippen LogP contribution in [0.15, 0.2) is 0 Å². The van der Waals surface area contributed by atoms with Crippen molar-refractivity contribution < 1.29 is 19.4 Å². The third kappa shape index (κ3) is 4.57. The number of carbonyl (C=O) groups is 2. The van der Waals surface area contributed by atoms with E-state index in [4.69, 9.17) is 9.84 Å². The average molecular weight is 299 g/mol. The lowest BCUT2D eigenvalue weighted by Gasteiger charge is -2.34. The van der Waals surface area contributed by atoms with E-state index in [0.29, 0.717) is 32.7 Å². The number of morpholine rings is 1. The Labute approximate surface area is 125 Å². The molecule has 21 heavy (non-hydrogen) atoms. The maximum Gasteiger partial charge on any atom is 0.317 e. The average Bonchev–Trinajstić information content (AvgIpc) is 2.53. The Bertz CT molecular complexity index is 377. The van der Waals surface area contributed by atoms with Crippen LogP contribution in [0.25, 0.3) is 0 Å². The number of ether oxygens (including phenoxy) is 1. The second-order valence-electron chi connectivity index (χ2n) is 5.70. The van der Waals surface area contributed by atoms with E-state index in [0.717, 1.165) is 26.1 Å². The monoisotopic (exact) mass is 299 g/mol. The summed E-state index contributed by atoms with van der Waals surface area (Å²) in [7, 11) is 0. The summed E-state index contributed by atoms with van der Waals surface area (Å²) in [5.41, 5.74) is 0. The Morgan fingerprint density at radius 2 is 2.14 bits per heavy atom. The normalized spacial score (nSPS) is 27.4. The van der Waals surface area contributed by atoms with Gasteiger partial charge < -0.3 is 20.1 Å². The zero-order valence-electron chi connectivity index (χ0n) is 12.6. The van der Waals surface area contributed by atoms with Crippen LogP contribution in [0.1, 0.15) is 19.8 Å². The van der Waals surface area contributed by atoms with Crippen LogP contribution in [0, 0.1) is 5.92 Å². The van der Waals surface area contributed by atoms with Crippen molar-refractivity contribution in [2.45, 2.75) is 25.9 Å². The van der Waals surface area contributed by atoms with Gasteiger partial charge in [0.05, 0.1) is 18.6 Å². The fourth-order valence-corrected chi connectivity index (χ4v) is 2.87. The summed E-state index contributed by atoms with van der Waals surface area (Å²) in [4.78, 5) is 27.0. The van der Waals surface area contributed by atoms with Crippen molar-refractivity contribution >= 4 is 12.0 Å². The minimum atomic E-state index is -0.818. The first-order valence-electron chi connectivity index (χ1n) is 7.69. The fraction of sp³-hybridized carbons (Fsp3) is 0.857. The maximum atomic E-state index is 12.1. The van der Waals surface area contributed by atoms with Crippen LogP contribution in [0.3, 0.4) is 0 Å². The van der Waals surface area contributed by atoms with Gasteiger partial charge in [0.2, 0.25) is 0 Å². The number of likely N-dealkylation sites (N-methyl/N-ethyl adjacent to an activating group) is 1. The molecule has 7 nitrogen and oxygen atoms in total. The first-order valence-corrected chi connectivity index (χ1v) is 7.69. The number of hydrogen-bond acceptors (Lipinski definition) is 4. The molecule has 2 rings (SSSR count). The highest BCUT2D eigenvalue weighted by molar-refractivity contribution is 5.76. The predicted molar refractivity (Wildman–Crippen MR) is 77.2 cm³/mol. The molecule has 2 amide bonds. The van der Waals surface area contributed by atoms with Gasteiger partial charge in [-0.15, -0.1) is 0 Å². The summed E-state index contributed by atoms with van der Waals surface area (Å²) in [5, 5.41) is 11.9. The molecule has 0 saturated carbocycles. The number of nitrogens with zero attached hydrogens (tertiary/aromatic N) is 2. The molecule has 7 heteroatoms. The highest BCUT2D eigenvalue weighted by Gasteiger charge is 2.28. The Hall–Kier alpha value is -1.34. The van der Waals surface area contributed by atoms with Gasteiger partial charge in [-0.05, 0) is 19.4 Å². The number of rotatable bonds is 4. The van der Waals surface area contributed by atoms with E-state index in [2.05, 4.69) is 17.1 Å². The van der Waals surface area contributed by atoms with Crippen LogP contribution in [0.2, 0.25) is 0 Å². The largest absolute Gasteiger partial charge is 0.481 e. The third-order valence-electron chi connectivity index (χ3n) is 4.21. The summed E-state index contributed by atoms with van der Waals surface area (Å²) in [6.07, 6.45) is 1.41. The van der Waals surface area contributed by atoms with Crippen molar-refractivity contribution in [1.82, 2.24) is 15.1 Å².